The molecule has 1 fully saturated rings. The molecule has 0 radical (unpaired) electrons. The first kappa shape index (κ1) is 16.7. The first-order chi connectivity index (χ1) is 12.3. The molecule has 0 N–H and O–H groups in total. The average Bonchev–Trinajstić information content (AvgIpc) is 3.17. The molecule has 0 saturated carbocycles. The lowest BCUT2D eigenvalue weighted by molar-refractivity contribution is 0.184. The van der Waals surface area contributed by atoms with Crippen LogP contribution in [0.1, 0.15) is 6.92 Å². The maximum Gasteiger partial charge on any atom is 0.240 e. The summed E-state index contributed by atoms with van der Waals surface area (Å²) in [4.78, 5) is 10.2. The lowest BCUT2D eigenvalue weighted by Crippen LogP contribution is -2.53. The molecule has 5 nitrogen and oxygen atoms in total. The number of aliphatic imine (C=N–C) groups is 1. The van der Waals surface area contributed by atoms with E-state index in [0.717, 1.165) is 62.1 Å². The summed E-state index contributed by atoms with van der Waals surface area (Å²) in [6, 6.07) is 14.3. The number of guanidine groups is 1. The van der Waals surface area contributed by atoms with Crippen LogP contribution in [0.4, 0.5) is 0 Å². The van der Waals surface area contributed by atoms with Crippen LogP contribution in [0.15, 0.2) is 52.4 Å². The van der Waals surface area contributed by atoms with Gasteiger partial charge in [-0.15, -0.1) is 0 Å². The molecule has 2 aromatic carbocycles. The fraction of sp³-hybridized carbons (Fsp3) is 0.421. The molecule has 0 aliphatic carbocycles. The van der Waals surface area contributed by atoms with E-state index in [4.69, 9.17) is 0 Å². The summed E-state index contributed by atoms with van der Waals surface area (Å²) in [6.07, 6.45) is 0. The molecule has 1 unspecified atom stereocenters. The fourth-order valence-electron chi connectivity index (χ4n) is 3.50. The van der Waals surface area contributed by atoms with E-state index in [9.17, 15) is 4.55 Å². The number of nitrogens with zero attached hydrogens (tertiary/aromatic N) is 4. The Bertz CT molecular complexity index is 773. The Hall–Kier alpha value is -1.76. The zero-order valence-corrected chi connectivity index (χ0v) is 15.4. The normalized spacial score (nSPS) is 20.2. The van der Waals surface area contributed by atoms with Gasteiger partial charge in [0.05, 0.1) is 13.1 Å². The summed E-state index contributed by atoms with van der Waals surface area (Å²) in [5, 5.41) is 2.30. The van der Waals surface area contributed by atoms with Crippen molar-refractivity contribution in [2.75, 3.05) is 45.8 Å². The van der Waals surface area contributed by atoms with Crippen molar-refractivity contribution in [3.05, 3.63) is 42.5 Å². The van der Waals surface area contributed by atoms with Crippen LogP contribution in [0.2, 0.25) is 0 Å². The van der Waals surface area contributed by atoms with Crippen molar-refractivity contribution in [1.82, 2.24) is 14.1 Å². The van der Waals surface area contributed by atoms with E-state index in [1.165, 1.54) is 5.39 Å². The van der Waals surface area contributed by atoms with Gasteiger partial charge in [-0.05, 0) is 29.4 Å². The molecule has 0 aromatic heterocycles. The SMILES string of the molecule is CCN1CCN(C2=NCCN2[S+]([O-])c2ccc3ccccc3c2)CC1. The third-order valence-corrected chi connectivity index (χ3v) is 6.41. The van der Waals surface area contributed by atoms with Gasteiger partial charge >= 0.3 is 0 Å². The van der Waals surface area contributed by atoms with Crippen LogP contribution in [0.25, 0.3) is 10.8 Å². The van der Waals surface area contributed by atoms with Crippen molar-refractivity contribution in [2.24, 2.45) is 4.99 Å². The van der Waals surface area contributed by atoms with E-state index in [2.05, 4.69) is 39.9 Å². The van der Waals surface area contributed by atoms with Crippen LogP contribution < -0.4 is 0 Å². The Balaban J connectivity index is 1.52. The molecule has 2 heterocycles. The van der Waals surface area contributed by atoms with E-state index in [-0.39, 0.29) is 0 Å². The van der Waals surface area contributed by atoms with Crippen molar-refractivity contribution >= 4 is 28.1 Å². The van der Waals surface area contributed by atoms with Gasteiger partial charge in [0, 0.05) is 32.2 Å². The molecule has 0 amide bonds. The van der Waals surface area contributed by atoms with Gasteiger partial charge in [-0.2, -0.15) is 4.31 Å². The Labute approximate surface area is 152 Å². The minimum atomic E-state index is -1.21. The van der Waals surface area contributed by atoms with Gasteiger partial charge in [-0.25, -0.2) is 4.99 Å². The first-order valence-corrected chi connectivity index (χ1v) is 10.1. The fourth-order valence-corrected chi connectivity index (χ4v) is 4.74. The number of rotatable bonds is 3. The van der Waals surface area contributed by atoms with Gasteiger partial charge in [0.2, 0.25) is 5.96 Å². The zero-order valence-electron chi connectivity index (χ0n) is 14.6. The van der Waals surface area contributed by atoms with Gasteiger partial charge in [-0.1, -0.05) is 31.2 Å². The minimum absolute atomic E-state index is 0.725. The molecule has 1 saturated heterocycles. The van der Waals surface area contributed by atoms with Crippen molar-refractivity contribution < 1.29 is 4.55 Å². The maximum absolute atomic E-state index is 13.2. The summed E-state index contributed by atoms with van der Waals surface area (Å²) in [5.41, 5.74) is 0. The van der Waals surface area contributed by atoms with Gasteiger partial charge in [0.15, 0.2) is 4.90 Å². The molecule has 25 heavy (non-hydrogen) atoms. The molecule has 2 aliphatic heterocycles. The number of likely N-dealkylation sites (N-methyl/N-ethyl adjacent to an activating group) is 1. The molecular weight excluding hydrogens is 332 g/mol. The Morgan fingerprint density at radius 2 is 1.76 bits per heavy atom. The number of piperazine rings is 1. The highest BCUT2D eigenvalue weighted by atomic mass is 32.2. The molecule has 0 bridgehead atoms. The largest absolute Gasteiger partial charge is 0.588 e. The highest BCUT2D eigenvalue weighted by Gasteiger charge is 2.34. The topological polar surface area (TPSA) is 45.1 Å². The second kappa shape index (κ2) is 7.23. The number of benzene rings is 2. The van der Waals surface area contributed by atoms with Crippen LogP contribution in [-0.2, 0) is 11.4 Å². The standard InChI is InChI=1S/C19H24N4OS/c1-2-21-11-13-22(14-12-21)19-20-9-10-23(19)25(24)18-8-7-16-5-3-4-6-17(16)15-18/h3-8,15H,2,9-14H2,1H3. The molecule has 2 aromatic rings. The summed E-state index contributed by atoms with van der Waals surface area (Å²) in [5.74, 6) is 0.905. The first-order valence-electron chi connectivity index (χ1n) is 8.96. The Kier molecular flexibility index (Phi) is 4.83. The number of hydrogen-bond acceptors (Lipinski definition) is 5. The van der Waals surface area contributed by atoms with Gasteiger partial charge in [0.25, 0.3) is 0 Å². The average molecular weight is 356 g/mol. The third kappa shape index (κ3) is 3.34. The highest BCUT2D eigenvalue weighted by Crippen LogP contribution is 2.24. The smallest absolute Gasteiger partial charge is 0.240 e. The predicted octanol–water partition coefficient (Wildman–Crippen LogP) is 2.17. The van der Waals surface area contributed by atoms with E-state index in [1.807, 2.05) is 28.6 Å². The molecule has 0 spiro atoms. The zero-order chi connectivity index (χ0) is 17.2. The van der Waals surface area contributed by atoms with Crippen molar-refractivity contribution in [3.8, 4) is 0 Å². The van der Waals surface area contributed by atoms with Crippen LogP contribution in [0.3, 0.4) is 0 Å². The van der Waals surface area contributed by atoms with Gasteiger partial charge in [0.1, 0.15) is 11.4 Å². The summed E-state index contributed by atoms with van der Waals surface area (Å²) < 4.78 is 15.1. The highest BCUT2D eigenvalue weighted by molar-refractivity contribution is 7.89. The van der Waals surface area contributed by atoms with E-state index in [0.29, 0.717) is 0 Å². The Morgan fingerprint density at radius 3 is 2.52 bits per heavy atom. The summed E-state index contributed by atoms with van der Waals surface area (Å²) >= 11 is -1.21. The number of hydrogen-bond donors (Lipinski definition) is 0. The predicted molar refractivity (Wildman–Crippen MR) is 103 cm³/mol. The molecule has 6 heteroatoms. The van der Waals surface area contributed by atoms with E-state index < -0.39 is 11.4 Å². The molecule has 1 atom stereocenters. The van der Waals surface area contributed by atoms with E-state index >= 15 is 0 Å². The third-order valence-electron chi connectivity index (χ3n) is 5.00. The second-order valence-corrected chi connectivity index (χ2v) is 7.87. The molecular formula is C19H24N4OS. The summed E-state index contributed by atoms with van der Waals surface area (Å²) in [6.45, 7) is 8.75. The van der Waals surface area contributed by atoms with Crippen molar-refractivity contribution in [3.63, 3.8) is 0 Å². The van der Waals surface area contributed by atoms with Crippen LogP contribution in [0, 0.1) is 0 Å². The van der Waals surface area contributed by atoms with Crippen LogP contribution in [0.5, 0.6) is 0 Å². The Morgan fingerprint density at radius 1 is 1.00 bits per heavy atom. The van der Waals surface area contributed by atoms with Crippen molar-refractivity contribution in [2.45, 2.75) is 11.8 Å². The van der Waals surface area contributed by atoms with E-state index in [1.54, 1.807) is 0 Å². The maximum atomic E-state index is 13.2. The minimum Gasteiger partial charge on any atom is -0.588 e. The van der Waals surface area contributed by atoms with Crippen LogP contribution in [-0.4, -0.2) is 70.4 Å². The van der Waals surface area contributed by atoms with Crippen molar-refractivity contribution in [1.29, 1.82) is 0 Å². The number of fused-ring (bicyclic) bond motifs is 1. The van der Waals surface area contributed by atoms with Crippen LogP contribution >= 0.6 is 0 Å². The molecule has 132 valence electrons. The monoisotopic (exact) mass is 356 g/mol. The van der Waals surface area contributed by atoms with Gasteiger partial charge in [-0.3, -0.25) is 0 Å². The summed E-state index contributed by atoms with van der Waals surface area (Å²) in [7, 11) is 0. The van der Waals surface area contributed by atoms with Gasteiger partial charge < -0.3 is 14.4 Å². The molecule has 4 rings (SSSR count). The quantitative estimate of drug-likeness (QED) is 0.791. The second-order valence-electron chi connectivity index (χ2n) is 6.46. The lowest BCUT2D eigenvalue weighted by Gasteiger charge is -2.37. The lowest BCUT2D eigenvalue weighted by atomic mass is 10.1. The molecule has 2 aliphatic rings.